The number of hydrogen-bond donors (Lipinski definition) is 2. The summed E-state index contributed by atoms with van der Waals surface area (Å²) in [5.74, 6) is 1.36. The molecule has 0 atom stereocenters. The van der Waals surface area contributed by atoms with Crippen molar-refractivity contribution in [3.05, 3.63) is 46.9 Å². The normalized spacial score (nSPS) is 10.9. The fourth-order valence-corrected chi connectivity index (χ4v) is 4.14. The first kappa shape index (κ1) is 24.8. The van der Waals surface area contributed by atoms with E-state index in [1.54, 1.807) is 26.0 Å². The van der Waals surface area contributed by atoms with E-state index in [9.17, 15) is 9.59 Å². The fraction of sp³-hybridized carbons (Fsp3) is 0.308. The van der Waals surface area contributed by atoms with Gasteiger partial charge in [0.05, 0.1) is 28.4 Å². The van der Waals surface area contributed by atoms with E-state index in [1.165, 1.54) is 28.4 Å². The lowest BCUT2D eigenvalue weighted by molar-refractivity contribution is 0.0901. The predicted molar refractivity (Wildman–Crippen MR) is 133 cm³/mol. The van der Waals surface area contributed by atoms with E-state index < -0.39 is 11.8 Å². The number of carbonyl (C=O) groups is 2. The predicted octanol–water partition coefficient (Wildman–Crippen LogP) is 3.99. The van der Waals surface area contributed by atoms with Crippen molar-refractivity contribution in [1.29, 1.82) is 0 Å². The summed E-state index contributed by atoms with van der Waals surface area (Å²) in [5.41, 5.74) is 2.21. The van der Waals surface area contributed by atoms with Gasteiger partial charge in [0, 0.05) is 35.0 Å². The molecule has 4 aromatic rings. The number of aryl methyl sites for hydroxylation is 2. The summed E-state index contributed by atoms with van der Waals surface area (Å²) < 4.78 is 33.0. The summed E-state index contributed by atoms with van der Waals surface area (Å²) in [4.78, 5) is 25.5. The monoisotopic (exact) mass is 496 g/mol. The number of carbonyl (C=O) groups excluding carboxylic acids is 2. The number of amides is 2. The molecular formula is C26H28N2O8. The number of rotatable bonds is 9. The number of hydrogen-bond acceptors (Lipinski definition) is 8. The first-order valence-corrected chi connectivity index (χ1v) is 11.2. The molecule has 0 saturated heterocycles. The molecule has 0 bridgehead atoms. The standard InChI is InChI=1S/C26H28N2O8/c1-13-15-7-9-17(31-3)23(33-5)21(15)35-19(13)25(29)27-11-12-28-26(30)20-14(2)16-8-10-18(32-4)24(34-6)22(16)36-20/h7-10H,11-12H2,1-6H3,(H,27,29)(H,28,30). The van der Waals surface area contributed by atoms with Gasteiger partial charge in [0.2, 0.25) is 11.5 Å². The Balaban J connectivity index is 1.43. The third kappa shape index (κ3) is 4.15. The molecule has 4 rings (SSSR count). The highest BCUT2D eigenvalue weighted by Crippen LogP contribution is 2.40. The highest BCUT2D eigenvalue weighted by atomic mass is 16.5. The van der Waals surface area contributed by atoms with Crippen LogP contribution in [0.3, 0.4) is 0 Å². The largest absolute Gasteiger partial charge is 0.493 e. The van der Waals surface area contributed by atoms with E-state index in [0.29, 0.717) is 45.3 Å². The number of nitrogens with one attached hydrogen (secondary N) is 2. The van der Waals surface area contributed by atoms with E-state index in [4.69, 9.17) is 27.8 Å². The first-order valence-electron chi connectivity index (χ1n) is 11.2. The quantitative estimate of drug-likeness (QED) is 0.334. The Kier molecular flexibility index (Phi) is 6.96. The van der Waals surface area contributed by atoms with Crippen molar-refractivity contribution < 1.29 is 37.4 Å². The maximum absolute atomic E-state index is 12.8. The van der Waals surface area contributed by atoms with Crippen molar-refractivity contribution in [2.75, 3.05) is 41.5 Å². The number of benzene rings is 2. The third-order valence-corrected chi connectivity index (χ3v) is 6.01. The van der Waals surface area contributed by atoms with E-state index in [2.05, 4.69) is 10.6 Å². The zero-order valence-electron chi connectivity index (χ0n) is 21.0. The van der Waals surface area contributed by atoms with Crippen LogP contribution in [0.4, 0.5) is 0 Å². The van der Waals surface area contributed by atoms with Gasteiger partial charge in [0.1, 0.15) is 0 Å². The summed E-state index contributed by atoms with van der Waals surface area (Å²) in [5, 5.41) is 7.02. The molecule has 0 saturated carbocycles. The Labute approximate surface area is 207 Å². The van der Waals surface area contributed by atoms with Gasteiger partial charge in [-0.2, -0.15) is 0 Å². The summed E-state index contributed by atoms with van der Waals surface area (Å²) in [6.07, 6.45) is 0. The summed E-state index contributed by atoms with van der Waals surface area (Å²) in [7, 11) is 6.07. The van der Waals surface area contributed by atoms with Crippen LogP contribution >= 0.6 is 0 Å². The molecule has 0 unspecified atom stereocenters. The van der Waals surface area contributed by atoms with Crippen molar-refractivity contribution in [2.45, 2.75) is 13.8 Å². The molecule has 2 aromatic heterocycles. The molecule has 0 aliphatic rings. The minimum absolute atomic E-state index is 0.164. The van der Waals surface area contributed by atoms with Crippen LogP contribution in [0.25, 0.3) is 21.9 Å². The Morgan fingerprint density at radius 2 is 1.06 bits per heavy atom. The van der Waals surface area contributed by atoms with Crippen LogP contribution in [-0.4, -0.2) is 53.3 Å². The van der Waals surface area contributed by atoms with Crippen LogP contribution in [-0.2, 0) is 0 Å². The van der Waals surface area contributed by atoms with Crippen molar-refractivity contribution in [3.63, 3.8) is 0 Å². The molecular weight excluding hydrogens is 468 g/mol. The van der Waals surface area contributed by atoms with E-state index in [0.717, 1.165) is 10.8 Å². The second-order valence-corrected chi connectivity index (χ2v) is 7.98. The molecule has 0 aliphatic carbocycles. The first-order chi connectivity index (χ1) is 17.4. The minimum Gasteiger partial charge on any atom is -0.493 e. The lowest BCUT2D eigenvalue weighted by Gasteiger charge is -2.07. The summed E-state index contributed by atoms with van der Waals surface area (Å²) in [6, 6.07) is 7.14. The second kappa shape index (κ2) is 10.1. The van der Waals surface area contributed by atoms with Gasteiger partial charge in [-0.25, -0.2) is 0 Å². The van der Waals surface area contributed by atoms with Crippen LogP contribution in [0.2, 0.25) is 0 Å². The van der Waals surface area contributed by atoms with Gasteiger partial charge in [-0.05, 0) is 38.1 Å². The van der Waals surface area contributed by atoms with Crippen LogP contribution in [0.15, 0.2) is 33.1 Å². The van der Waals surface area contributed by atoms with Crippen LogP contribution in [0.1, 0.15) is 32.2 Å². The average molecular weight is 497 g/mol. The van der Waals surface area contributed by atoms with Gasteiger partial charge in [-0.15, -0.1) is 0 Å². The molecule has 10 nitrogen and oxygen atoms in total. The van der Waals surface area contributed by atoms with Gasteiger partial charge in [0.25, 0.3) is 11.8 Å². The zero-order valence-corrected chi connectivity index (χ0v) is 21.0. The van der Waals surface area contributed by atoms with E-state index in [-0.39, 0.29) is 24.6 Å². The number of methoxy groups -OCH3 is 4. The Morgan fingerprint density at radius 1 is 0.667 bits per heavy atom. The molecule has 0 spiro atoms. The zero-order chi connectivity index (χ0) is 26.0. The van der Waals surface area contributed by atoms with E-state index in [1.807, 2.05) is 12.1 Å². The second-order valence-electron chi connectivity index (χ2n) is 7.98. The fourth-order valence-electron chi connectivity index (χ4n) is 4.14. The van der Waals surface area contributed by atoms with Crippen molar-refractivity contribution in [2.24, 2.45) is 0 Å². The molecule has 36 heavy (non-hydrogen) atoms. The van der Waals surface area contributed by atoms with Gasteiger partial charge >= 0.3 is 0 Å². The molecule has 190 valence electrons. The van der Waals surface area contributed by atoms with Gasteiger partial charge in [-0.3, -0.25) is 9.59 Å². The van der Waals surface area contributed by atoms with Crippen molar-refractivity contribution in [1.82, 2.24) is 10.6 Å². The van der Waals surface area contributed by atoms with Gasteiger partial charge in [-0.1, -0.05) is 0 Å². The summed E-state index contributed by atoms with van der Waals surface area (Å²) >= 11 is 0. The molecule has 10 heteroatoms. The van der Waals surface area contributed by atoms with Crippen molar-refractivity contribution >= 4 is 33.8 Å². The molecule has 2 amide bonds. The van der Waals surface area contributed by atoms with E-state index >= 15 is 0 Å². The Morgan fingerprint density at radius 3 is 1.39 bits per heavy atom. The third-order valence-electron chi connectivity index (χ3n) is 6.01. The number of fused-ring (bicyclic) bond motifs is 2. The lowest BCUT2D eigenvalue weighted by atomic mass is 10.1. The Hall–Kier alpha value is -4.34. The minimum atomic E-state index is -0.407. The highest BCUT2D eigenvalue weighted by Gasteiger charge is 2.23. The highest BCUT2D eigenvalue weighted by molar-refractivity contribution is 6.02. The van der Waals surface area contributed by atoms with Crippen LogP contribution in [0.5, 0.6) is 23.0 Å². The molecule has 2 N–H and O–H groups in total. The molecule has 0 radical (unpaired) electrons. The lowest BCUT2D eigenvalue weighted by Crippen LogP contribution is -2.34. The SMILES string of the molecule is COc1ccc2c(C)c(C(=O)NCCNC(=O)c3oc4c(OC)c(OC)ccc4c3C)oc2c1OC. The maximum Gasteiger partial charge on any atom is 0.287 e. The van der Waals surface area contributed by atoms with Gasteiger partial charge in [0.15, 0.2) is 34.2 Å². The topological polar surface area (TPSA) is 121 Å². The van der Waals surface area contributed by atoms with Crippen LogP contribution < -0.4 is 29.6 Å². The smallest absolute Gasteiger partial charge is 0.287 e. The average Bonchev–Trinajstić information content (AvgIpc) is 3.41. The van der Waals surface area contributed by atoms with Gasteiger partial charge < -0.3 is 38.4 Å². The van der Waals surface area contributed by atoms with Crippen molar-refractivity contribution in [3.8, 4) is 23.0 Å². The molecule has 2 aromatic carbocycles. The number of furan rings is 2. The molecule has 0 fully saturated rings. The number of ether oxygens (including phenoxy) is 4. The molecule has 2 heterocycles. The van der Waals surface area contributed by atoms with Crippen LogP contribution in [0, 0.1) is 13.8 Å². The maximum atomic E-state index is 12.8. The summed E-state index contributed by atoms with van der Waals surface area (Å²) in [6.45, 7) is 3.94. The Bertz CT molecular complexity index is 1340. The molecule has 0 aliphatic heterocycles.